The average molecular weight is 341 g/mol. The number of hydrogen-bond acceptors (Lipinski definition) is 4. The van der Waals surface area contributed by atoms with Crippen molar-refractivity contribution < 1.29 is 19.1 Å². The normalized spacial score (nSPS) is 12.8. The van der Waals surface area contributed by atoms with Crippen LogP contribution in [-0.2, 0) is 9.53 Å². The Labute approximate surface area is 148 Å². The topological polar surface area (TPSA) is 64.6 Å². The van der Waals surface area contributed by atoms with Gasteiger partial charge in [-0.2, -0.15) is 0 Å². The number of hydrogen-bond donors (Lipinski definition) is 1. The molecule has 2 unspecified atom stereocenters. The molecule has 0 radical (unpaired) electrons. The zero-order chi connectivity index (χ0) is 18.2. The number of esters is 1. The lowest BCUT2D eigenvalue weighted by molar-refractivity contribution is -0.144. The minimum absolute atomic E-state index is 0.0276. The Hall–Kier alpha value is -2.82. The van der Waals surface area contributed by atoms with Gasteiger partial charge in [-0.15, -0.1) is 0 Å². The van der Waals surface area contributed by atoms with E-state index in [1.54, 1.807) is 24.3 Å². The SMILES string of the molecule is CCC(C)C(NC(=O)c1cccc(Oc2ccccc2)c1)C(=O)OC. The van der Waals surface area contributed by atoms with E-state index in [2.05, 4.69) is 5.32 Å². The minimum atomic E-state index is -0.679. The summed E-state index contributed by atoms with van der Waals surface area (Å²) in [6.07, 6.45) is 0.747. The average Bonchev–Trinajstić information content (AvgIpc) is 2.65. The van der Waals surface area contributed by atoms with Crippen LogP contribution in [0.2, 0.25) is 0 Å². The monoisotopic (exact) mass is 341 g/mol. The molecule has 25 heavy (non-hydrogen) atoms. The van der Waals surface area contributed by atoms with Gasteiger partial charge in [0.25, 0.3) is 5.91 Å². The van der Waals surface area contributed by atoms with Gasteiger partial charge in [0.1, 0.15) is 17.5 Å². The molecule has 0 heterocycles. The summed E-state index contributed by atoms with van der Waals surface area (Å²) in [7, 11) is 1.32. The number of para-hydroxylation sites is 1. The number of carbonyl (C=O) groups is 2. The Morgan fingerprint density at radius 2 is 1.72 bits per heavy atom. The summed E-state index contributed by atoms with van der Waals surface area (Å²) in [4.78, 5) is 24.5. The van der Waals surface area contributed by atoms with Gasteiger partial charge in [0, 0.05) is 5.56 Å². The van der Waals surface area contributed by atoms with E-state index >= 15 is 0 Å². The molecule has 0 aliphatic rings. The van der Waals surface area contributed by atoms with E-state index in [9.17, 15) is 9.59 Å². The van der Waals surface area contributed by atoms with Crippen LogP contribution in [0.4, 0.5) is 0 Å². The third kappa shape index (κ3) is 5.08. The first-order valence-corrected chi connectivity index (χ1v) is 8.26. The van der Waals surface area contributed by atoms with Gasteiger partial charge < -0.3 is 14.8 Å². The third-order valence-electron chi connectivity index (χ3n) is 4.03. The van der Waals surface area contributed by atoms with E-state index in [0.29, 0.717) is 17.1 Å². The molecule has 5 nitrogen and oxygen atoms in total. The molecule has 2 rings (SSSR count). The summed E-state index contributed by atoms with van der Waals surface area (Å²) in [6.45, 7) is 3.86. The molecular formula is C20H23NO4. The van der Waals surface area contributed by atoms with Crippen LogP contribution in [0, 0.1) is 5.92 Å². The summed E-state index contributed by atoms with van der Waals surface area (Å²) < 4.78 is 10.5. The Kier molecular flexibility index (Phi) is 6.57. The van der Waals surface area contributed by atoms with Crippen LogP contribution in [0.25, 0.3) is 0 Å². The van der Waals surface area contributed by atoms with Crippen molar-refractivity contribution >= 4 is 11.9 Å². The van der Waals surface area contributed by atoms with Crippen molar-refractivity contribution in [3.05, 3.63) is 60.2 Å². The number of nitrogens with one attached hydrogen (secondary N) is 1. The molecule has 132 valence electrons. The summed E-state index contributed by atoms with van der Waals surface area (Å²) >= 11 is 0. The maximum absolute atomic E-state index is 12.5. The highest BCUT2D eigenvalue weighted by atomic mass is 16.5. The van der Waals surface area contributed by atoms with Gasteiger partial charge in [0.2, 0.25) is 0 Å². The second kappa shape index (κ2) is 8.87. The van der Waals surface area contributed by atoms with Crippen molar-refractivity contribution in [3.8, 4) is 11.5 Å². The zero-order valence-corrected chi connectivity index (χ0v) is 14.7. The van der Waals surface area contributed by atoms with Crippen LogP contribution >= 0.6 is 0 Å². The molecular weight excluding hydrogens is 318 g/mol. The quantitative estimate of drug-likeness (QED) is 0.778. The summed E-state index contributed by atoms with van der Waals surface area (Å²) in [5, 5.41) is 2.76. The van der Waals surface area contributed by atoms with E-state index in [4.69, 9.17) is 9.47 Å². The highest BCUT2D eigenvalue weighted by molar-refractivity contribution is 5.97. The zero-order valence-electron chi connectivity index (χ0n) is 14.7. The van der Waals surface area contributed by atoms with Crippen molar-refractivity contribution in [3.63, 3.8) is 0 Å². The Morgan fingerprint density at radius 1 is 1.04 bits per heavy atom. The molecule has 0 saturated carbocycles. The highest BCUT2D eigenvalue weighted by Gasteiger charge is 2.27. The molecule has 1 amide bonds. The molecule has 0 fully saturated rings. The number of methoxy groups -OCH3 is 1. The van der Waals surface area contributed by atoms with Gasteiger partial charge in [-0.3, -0.25) is 4.79 Å². The number of amides is 1. The number of ether oxygens (including phenoxy) is 2. The van der Waals surface area contributed by atoms with Gasteiger partial charge in [-0.25, -0.2) is 4.79 Å². The van der Waals surface area contributed by atoms with E-state index in [1.165, 1.54) is 7.11 Å². The molecule has 2 aromatic rings. The van der Waals surface area contributed by atoms with Gasteiger partial charge >= 0.3 is 5.97 Å². The lowest BCUT2D eigenvalue weighted by Crippen LogP contribution is -2.45. The molecule has 1 N–H and O–H groups in total. The third-order valence-corrected chi connectivity index (χ3v) is 4.03. The van der Waals surface area contributed by atoms with Crippen LogP contribution in [0.3, 0.4) is 0 Å². The van der Waals surface area contributed by atoms with E-state index in [-0.39, 0.29) is 11.8 Å². The van der Waals surface area contributed by atoms with Crippen LogP contribution in [0.15, 0.2) is 54.6 Å². The van der Waals surface area contributed by atoms with E-state index < -0.39 is 12.0 Å². The lowest BCUT2D eigenvalue weighted by Gasteiger charge is -2.22. The van der Waals surface area contributed by atoms with Crippen molar-refractivity contribution in [1.82, 2.24) is 5.32 Å². The van der Waals surface area contributed by atoms with Crippen molar-refractivity contribution in [1.29, 1.82) is 0 Å². The molecule has 0 aliphatic carbocycles. The lowest BCUT2D eigenvalue weighted by atomic mass is 9.99. The Bertz CT molecular complexity index is 715. The van der Waals surface area contributed by atoms with Crippen LogP contribution in [0.5, 0.6) is 11.5 Å². The van der Waals surface area contributed by atoms with Crippen LogP contribution < -0.4 is 10.1 Å². The summed E-state index contributed by atoms with van der Waals surface area (Å²) in [5.41, 5.74) is 0.422. The molecule has 0 aliphatic heterocycles. The summed E-state index contributed by atoms with van der Waals surface area (Å²) in [5.74, 6) is 0.429. The highest BCUT2D eigenvalue weighted by Crippen LogP contribution is 2.22. The van der Waals surface area contributed by atoms with Crippen LogP contribution in [-0.4, -0.2) is 25.0 Å². The van der Waals surface area contributed by atoms with Crippen molar-refractivity contribution in [2.24, 2.45) is 5.92 Å². The minimum Gasteiger partial charge on any atom is -0.467 e. The van der Waals surface area contributed by atoms with Gasteiger partial charge in [-0.05, 0) is 36.2 Å². The fourth-order valence-electron chi connectivity index (χ4n) is 2.35. The first-order chi connectivity index (χ1) is 12.0. The van der Waals surface area contributed by atoms with Gasteiger partial charge in [0.15, 0.2) is 0 Å². The maximum Gasteiger partial charge on any atom is 0.328 e. The van der Waals surface area contributed by atoms with Gasteiger partial charge in [-0.1, -0.05) is 44.5 Å². The van der Waals surface area contributed by atoms with E-state index in [1.807, 2.05) is 44.2 Å². The smallest absolute Gasteiger partial charge is 0.328 e. The Morgan fingerprint density at radius 3 is 2.36 bits per heavy atom. The number of carbonyl (C=O) groups excluding carboxylic acids is 2. The standard InChI is InChI=1S/C20H23NO4/c1-4-14(2)18(20(23)24-3)21-19(22)15-9-8-12-17(13-15)25-16-10-6-5-7-11-16/h5-14,18H,4H2,1-3H3,(H,21,22). The molecule has 2 aromatic carbocycles. The van der Waals surface area contributed by atoms with Gasteiger partial charge in [0.05, 0.1) is 7.11 Å². The molecule has 5 heteroatoms. The number of rotatable bonds is 7. The second-order valence-corrected chi connectivity index (χ2v) is 5.80. The maximum atomic E-state index is 12.5. The second-order valence-electron chi connectivity index (χ2n) is 5.80. The fourth-order valence-corrected chi connectivity index (χ4v) is 2.35. The predicted molar refractivity (Wildman–Crippen MR) is 95.7 cm³/mol. The number of benzene rings is 2. The largest absolute Gasteiger partial charge is 0.467 e. The molecule has 0 aromatic heterocycles. The first-order valence-electron chi connectivity index (χ1n) is 8.26. The molecule has 0 saturated heterocycles. The first kappa shape index (κ1) is 18.5. The Balaban J connectivity index is 2.13. The van der Waals surface area contributed by atoms with Crippen LogP contribution in [0.1, 0.15) is 30.6 Å². The summed E-state index contributed by atoms with van der Waals surface area (Å²) in [6, 6.07) is 15.5. The van der Waals surface area contributed by atoms with E-state index in [0.717, 1.165) is 6.42 Å². The molecule has 0 bridgehead atoms. The molecule has 2 atom stereocenters. The fraction of sp³-hybridized carbons (Fsp3) is 0.300. The van der Waals surface area contributed by atoms with Crippen molar-refractivity contribution in [2.45, 2.75) is 26.3 Å². The predicted octanol–water partition coefficient (Wildman–Crippen LogP) is 3.80. The molecule has 0 spiro atoms. The van der Waals surface area contributed by atoms with Crippen molar-refractivity contribution in [2.75, 3.05) is 7.11 Å².